The first kappa shape index (κ1) is 10.6. The minimum absolute atomic E-state index is 0.0494. The highest BCUT2D eigenvalue weighted by Gasteiger charge is 2.30. The van der Waals surface area contributed by atoms with Crippen molar-refractivity contribution in [1.82, 2.24) is 9.97 Å². The lowest BCUT2D eigenvalue weighted by atomic mass is 10.2. The molecule has 0 N–H and O–H groups in total. The molecule has 6 heteroatoms. The lowest BCUT2D eigenvalue weighted by Gasteiger charge is -2.20. The van der Waals surface area contributed by atoms with Gasteiger partial charge in [0.2, 0.25) is 11.2 Å². The molecule has 1 amide bonds. The number of hydrogen-bond acceptors (Lipinski definition) is 3. The Morgan fingerprint density at radius 3 is 2.73 bits per heavy atom. The summed E-state index contributed by atoms with van der Waals surface area (Å²) in [6.07, 6.45) is 1.37. The largest absolute Gasteiger partial charge is 0.294 e. The van der Waals surface area contributed by atoms with Gasteiger partial charge < -0.3 is 0 Å². The van der Waals surface area contributed by atoms with Crippen molar-refractivity contribution in [3.05, 3.63) is 16.5 Å². The van der Waals surface area contributed by atoms with Crippen LogP contribution in [0.2, 0.25) is 10.4 Å². The quantitative estimate of drug-likeness (QED) is 0.564. The molecule has 1 aliphatic heterocycles. The fourth-order valence-electron chi connectivity index (χ4n) is 1.68. The van der Waals surface area contributed by atoms with Gasteiger partial charge in [0.15, 0.2) is 0 Å². The molecule has 15 heavy (non-hydrogen) atoms. The van der Waals surface area contributed by atoms with Crippen LogP contribution in [-0.4, -0.2) is 21.9 Å². The summed E-state index contributed by atoms with van der Waals surface area (Å²) in [4.78, 5) is 20.9. The van der Waals surface area contributed by atoms with Gasteiger partial charge in [-0.05, 0) is 24.9 Å². The van der Waals surface area contributed by atoms with Crippen molar-refractivity contribution in [2.75, 3.05) is 4.90 Å². The fourth-order valence-corrected chi connectivity index (χ4v) is 2.08. The predicted molar refractivity (Wildman–Crippen MR) is 58.2 cm³/mol. The molecule has 1 aromatic rings. The molecule has 0 spiro atoms. The highest BCUT2D eigenvalue weighted by atomic mass is 35.5. The molecule has 0 aliphatic carbocycles. The molecule has 0 aromatic carbocycles. The summed E-state index contributed by atoms with van der Waals surface area (Å²) in [6.45, 7) is 1.97. The Hall–Kier alpha value is -0.870. The summed E-state index contributed by atoms with van der Waals surface area (Å²) in [5, 5.41) is 0.307. The number of nitrogens with zero attached hydrogens (tertiary/aromatic N) is 3. The topological polar surface area (TPSA) is 46.1 Å². The molecule has 1 atom stereocenters. The van der Waals surface area contributed by atoms with Crippen molar-refractivity contribution in [2.45, 2.75) is 25.8 Å². The normalized spacial score (nSPS) is 21.1. The summed E-state index contributed by atoms with van der Waals surface area (Å²) in [6, 6.07) is 1.69. The summed E-state index contributed by atoms with van der Waals surface area (Å²) in [5.41, 5.74) is 0. The molecule has 0 bridgehead atoms. The van der Waals surface area contributed by atoms with Gasteiger partial charge in [0.1, 0.15) is 11.0 Å². The molecule has 1 saturated heterocycles. The van der Waals surface area contributed by atoms with E-state index in [2.05, 4.69) is 9.97 Å². The molecule has 1 aliphatic rings. The van der Waals surface area contributed by atoms with Crippen LogP contribution >= 0.6 is 23.2 Å². The number of anilines is 1. The number of halogens is 2. The first-order valence-electron chi connectivity index (χ1n) is 4.60. The second kappa shape index (κ2) is 3.94. The van der Waals surface area contributed by atoms with Gasteiger partial charge in [-0.25, -0.2) is 9.97 Å². The number of amides is 1. The highest BCUT2D eigenvalue weighted by Crippen LogP contribution is 2.26. The molecule has 1 aromatic heterocycles. The van der Waals surface area contributed by atoms with Crippen LogP contribution in [0, 0.1) is 0 Å². The summed E-state index contributed by atoms with van der Waals surface area (Å²) < 4.78 is 0. The Morgan fingerprint density at radius 2 is 2.20 bits per heavy atom. The van der Waals surface area contributed by atoms with E-state index in [1.807, 2.05) is 6.92 Å². The molecule has 0 saturated carbocycles. The zero-order chi connectivity index (χ0) is 11.0. The first-order chi connectivity index (χ1) is 7.08. The Kier molecular flexibility index (Phi) is 2.80. The summed E-state index contributed by atoms with van der Waals surface area (Å²) in [5.74, 6) is 0.531. The van der Waals surface area contributed by atoms with Crippen molar-refractivity contribution in [3.8, 4) is 0 Å². The van der Waals surface area contributed by atoms with Gasteiger partial charge >= 0.3 is 0 Å². The Morgan fingerprint density at radius 1 is 1.47 bits per heavy atom. The van der Waals surface area contributed by atoms with Crippen LogP contribution in [-0.2, 0) is 4.79 Å². The molecule has 80 valence electrons. The van der Waals surface area contributed by atoms with E-state index in [0.29, 0.717) is 12.2 Å². The van der Waals surface area contributed by atoms with Gasteiger partial charge in [-0.1, -0.05) is 11.6 Å². The summed E-state index contributed by atoms with van der Waals surface area (Å²) in [7, 11) is 0. The molecule has 2 rings (SSSR count). The van der Waals surface area contributed by atoms with E-state index in [-0.39, 0.29) is 22.4 Å². The van der Waals surface area contributed by atoms with E-state index in [1.54, 1.807) is 11.0 Å². The number of aromatic nitrogens is 2. The average molecular weight is 246 g/mol. The fraction of sp³-hybridized carbons (Fsp3) is 0.444. The zero-order valence-corrected chi connectivity index (χ0v) is 9.59. The molecular formula is C9H9Cl2N3O. The van der Waals surface area contributed by atoms with Crippen molar-refractivity contribution in [3.63, 3.8) is 0 Å². The number of carbonyl (C=O) groups excluding carboxylic acids is 1. The predicted octanol–water partition coefficient (Wildman–Crippen LogP) is 2.30. The van der Waals surface area contributed by atoms with Crippen LogP contribution in [0.25, 0.3) is 0 Å². The minimum Gasteiger partial charge on any atom is -0.294 e. The molecule has 2 heterocycles. The number of rotatable bonds is 1. The third-order valence-corrected chi connectivity index (χ3v) is 2.75. The Bertz CT molecular complexity index is 390. The van der Waals surface area contributed by atoms with Crippen LogP contribution in [0.5, 0.6) is 0 Å². The van der Waals surface area contributed by atoms with Gasteiger partial charge in [-0.3, -0.25) is 9.69 Å². The molecule has 0 unspecified atom stereocenters. The standard InChI is InChI=1S/C9H9Cl2N3O/c1-5-2-3-8(15)14(5)7-4-6(10)12-9(11)13-7/h4-5H,2-3H2,1H3/t5-/m1/s1. The van der Waals surface area contributed by atoms with Gasteiger partial charge in [0.25, 0.3) is 0 Å². The lowest BCUT2D eigenvalue weighted by molar-refractivity contribution is -0.117. The van der Waals surface area contributed by atoms with Gasteiger partial charge in [-0.2, -0.15) is 0 Å². The third kappa shape index (κ3) is 2.06. The monoisotopic (exact) mass is 245 g/mol. The van der Waals surface area contributed by atoms with Crippen LogP contribution < -0.4 is 4.90 Å². The van der Waals surface area contributed by atoms with E-state index in [1.165, 1.54) is 0 Å². The average Bonchev–Trinajstić information content (AvgIpc) is 2.44. The first-order valence-corrected chi connectivity index (χ1v) is 5.35. The molecule has 4 nitrogen and oxygen atoms in total. The maximum Gasteiger partial charge on any atom is 0.228 e. The third-order valence-electron chi connectivity index (χ3n) is 2.39. The highest BCUT2D eigenvalue weighted by molar-refractivity contribution is 6.32. The van der Waals surface area contributed by atoms with Crippen molar-refractivity contribution in [1.29, 1.82) is 0 Å². The van der Waals surface area contributed by atoms with E-state index in [9.17, 15) is 4.79 Å². The Balaban J connectivity index is 2.40. The van der Waals surface area contributed by atoms with E-state index < -0.39 is 0 Å². The Labute approximate surface area is 97.2 Å². The molecular weight excluding hydrogens is 237 g/mol. The smallest absolute Gasteiger partial charge is 0.228 e. The van der Waals surface area contributed by atoms with E-state index in [0.717, 1.165) is 6.42 Å². The number of hydrogen-bond donors (Lipinski definition) is 0. The van der Waals surface area contributed by atoms with Crippen molar-refractivity contribution >= 4 is 34.9 Å². The van der Waals surface area contributed by atoms with Gasteiger partial charge in [0.05, 0.1) is 0 Å². The second-order valence-corrected chi connectivity index (χ2v) is 4.19. The second-order valence-electron chi connectivity index (χ2n) is 3.47. The maximum atomic E-state index is 11.6. The van der Waals surface area contributed by atoms with Crippen LogP contribution in [0.1, 0.15) is 19.8 Å². The van der Waals surface area contributed by atoms with E-state index >= 15 is 0 Å². The van der Waals surface area contributed by atoms with Crippen LogP contribution in [0.4, 0.5) is 5.82 Å². The van der Waals surface area contributed by atoms with Crippen molar-refractivity contribution in [2.24, 2.45) is 0 Å². The summed E-state index contributed by atoms with van der Waals surface area (Å²) >= 11 is 11.4. The van der Waals surface area contributed by atoms with Crippen LogP contribution in [0.3, 0.4) is 0 Å². The zero-order valence-electron chi connectivity index (χ0n) is 8.07. The van der Waals surface area contributed by atoms with Crippen LogP contribution in [0.15, 0.2) is 6.07 Å². The molecule has 1 fully saturated rings. The lowest BCUT2D eigenvalue weighted by Crippen LogP contribution is -2.31. The SMILES string of the molecule is C[C@@H]1CCC(=O)N1c1cc(Cl)nc(Cl)n1. The van der Waals surface area contributed by atoms with Gasteiger partial charge in [-0.15, -0.1) is 0 Å². The molecule has 0 radical (unpaired) electrons. The maximum absolute atomic E-state index is 11.6. The minimum atomic E-state index is 0.0494. The number of carbonyl (C=O) groups is 1. The van der Waals surface area contributed by atoms with E-state index in [4.69, 9.17) is 23.2 Å². The van der Waals surface area contributed by atoms with Crippen molar-refractivity contribution < 1.29 is 4.79 Å². The van der Waals surface area contributed by atoms with Gasteiger partial charge in [0, 0.05) is 18.5 Å².